The summed E-state index contributed by atoms with van der Waals surface area (Å²) in [5.41, 5.74) is 1.34. The zero-order chi connectivity index (χ0) is 18.9. The fraction of sp³-hybridized carbons (Fsp3) is 0.526. The standard InChI is InChI=1S/C19H25F3N4/c1-4-10-26-13-25(12-16-18(26)23-17(5-2)24(16)3)11-14-6-8-15(9-7-14)19(20,21)22/h6-9,12,17H,4-5,10-11,13H2,1-3H3. The molecule has 2 heterocycles. The molecular weight excluding hydrogens is 341 g/mol. The average molecular weight is 366 g/mol. The highest BCUT2D eigenvalue weighted by atomic mass is 19.4. The molecule has 2 aliphatic heterocycles. The van der Waals surface area contributed by atoms with Crippen molar-refractivity contribution >= 4 is 5.84 Å². The normalized spacial score (nSPS) is 20.2. The number of alkyl halides is 3. The number of nitrogens with zero attached hydrogens (tertiary/aromatic N) is 4. The minimum Gasteiger partial charge on any atom is -0.354 e. The van der Waals surface area contributed by atoms with Crippen LogP contribution in [0.15, 0.2) is 41.2 Å². The number of hydrogen-bond acceptors (Lipinski definition) is 4. The molecule has 2 aliphatic rings. The summed E-state index contributed by atoms with van der Waals surface area (Å²) in [6.45, 7) is 6.42. The molecule has 1 atom stereocenters. The van der Waals surface area contributed by atoms with Gasteiger partial charge in [-0.1, -0.05) is 26.0 Å². The van der Waals surface area contributed by atoms with Gasteiger partial charge in [0.15, 0.2) is 5.84 Å². The highest BCUT2D eigenvalue weighted by Crippen LogP contribution is 2.30. The van der Waals surface area contributed by atoms with E-state index in [1.807, 2.05) is 7.05 Å². The van der Waals surface area contributed by atoms with Crippen LogP contribution in [0, 0.1) is 0 Å². The minimum atomic E-state index is -4.29. The summed E-state index contributed by atoms with van der Waals surface area (Å²) in [7, 11) is 2.04. The Morgan fingerprint density at radius 1 is 1.15 bits per heavy atom. The van der Waals surface area contributed by atoms with Gasteiger partial charge in [0.05, 0.1) is 17.9 Å². The molecular formula is C19H25F3N4. The second kappa shape index (κ2) is 7.21. The molecule has 3 rings (SSSR count). The molecule has 1 aromatic rings. The molecule has 0 saturated heterocycles. The lowest BCUT2D eigenvalue weighted by atomic mass is 10.1. The molecule has 26 heavy (non-hydrogen) atoms. The van der Waals surface area contributed by atoms with Gasteiger partial charge in [-0.3, -0.25) is 0 Å². The zero-order valence-electron chi connectivity index (χ0n) is 15.4. The van der Waals surface area contributed by atoms with E-state index >= 15 is 0 Å². The lowest BCUT2D eigenvalue weighted by Gasteiger charge is -2.37. The van der Waals surface area contributed by atoms with Gasteiger partial charge < -0.3 is 14.7 Å². The summed E-state index contributed by atoms with van der Waals surface area (Å²) >= 11 is 0. The van der Waals surface area contributed by atoms with E-state index in [0.717, 1.165) is 48.6 Å². The molecule has 0 saturated carbocycles. The van der Waals surface area contributed by atoms with Gasteiger partial charge in [-0.25, -0.2) is 4.99 Å². The van der Waals surface area contributed by atoms with Crippen LogP contribution in [0.25, 0.3) is 0 Å². The number of likely N-dealkylation sites (N-methyl/N-ethyl adjacent to an activating group) is 1. The third-order valence-corrected chi connectivity index (χ3v) is 4.81. The predicted molar refractivity (Wildman–Crippen MR) is 96.2 cm³/mol. The number of aliphatic imine (C=N–C) groups is 1. The maximum atomic E-state index is 12.7. The Balaban J connectivity index is 1.79. The zero-order valence-corrected chi connectivity index (χ0v) is 15.4. The minimum absolute atomic E-state index is 0.154. The second-order valence-corrected chi connectivity index (χ2v) is 6.81. The van der Waals surface area contributed by atoms with Crippen LogP contribution in [0.5, 0.6) is 0 Å². The third-order valence-electron chi connectivity index (χ3n) is 4.81. The summed E-state index contributed by atoms with van der Waals surface area (Å²) in [4.78, 5) is 11.4. The van der Waals surface area contributed by atoms with Crippen LogP contribution in [0.4, 0.5) is 13.2 Å². The van der Waals surface area contributed by atoms with Crippen molar-refractivity contribution < 1.29 is 13.2 Å². The van der Waals surface area contributed by atoms with Crippen LogP contribution < -0.4 is 0 Å². The molecule has 0 aromatic heterocycles. The molecule has 0 N–H and O–H groups in total. The van der Waals surface area contributed by atoms with E-state index in [-0.39, 0.29) is 6.17 Å². The van der Waals surface area contributed by atoms with Gasteiger partial charge in [0.2, 0.25) is 0 Å². The van der Waals surface area contributed by atoms with Crippen molar-refractivity contribution in [1.29, 1.82) is 0 Å². The number of hydrogen-bond donors (Lipinski definition) is 0. The Morgan fingerprint density at radius 3 is 2.42 bits per heavy atom. The Kier molecular flexibility index (Phi) is 5.16. The number of benzene rings is 1. The van der Waals surface area contributed by atoms with Gasteiger partial charge in [-0.2, -0.15) is 13.2 Å². The van der Waals surface area contributed by atoms with E-state index in [4.69, 9.17) is 4.99 Å². The Hall–Kier alpha value is -2.18. The van der Waals surface area contributed by atoms with E-state index in [0.29, 0.717) is 13.2 Å². The average Bonchev–Trinajstić information content (AvgIpc) is 2.91. The highest BCUT2D eigenvalue weighted by molar-refractivity contribution is 6.00. The Bertz CT molecular complexity index is 694. The van der Waals surface area contributed by atoms with Crippen LogP contribution in [0.2, 0.25) is 0 Å². The molecule has 0 aliphatic carbocycles. The van der Waals surface area contributed by atoms with Crippen molar-refractivity contribution in [2.24, 2.45) is 4.99 Å². The summed E-state index contributed by atoms with van der Waals surface area (Å²) in [5, 5.41) is 0. The van der Waals surface area contributed by atoms with Crippen molar-refractivity contribution in [1.82, 2.24) is 14.7 Å². The quantitative estimate of drug-likeness (QED) is 0.783. The van der Waals surface area contributed by atoms with Crippen LogP contribution >= 0.6 is 0 Å². The molecule has 0 spiro atoms. The van der Waals surface area contributed by atoms with Gasteiger partial charge in [-0.05, 0) is 30.5 Å². The molecule has 4 nitrogen and oxygen atoms in total. The van der Waals surface area contributed by atoms with Gasteiger partial charge in [0.25, 0.3) is 0 Å². The number of rotatable bonds is 5. The molecule has 0 fully saturated rings. The maximum absolute atomic E-state index is 12.7. The van der Waals surface area contributed by atoms with Crippen LogP contribution in [0.3, 0.4) is 0 Å². The van der Waals surface area contributed by atoms with E-state index in [2.05, 4.69) is 34.7 Å². The molecule has 0 amide bonds. The van der Waals surface area contributed by atoms with E-state index in [1.54, 1.807) is 12.1 Å². The van der Waals surface area contributed by atoms with Crippen LogP contribution in [0.1, 0.15) is 37.8 Å². The van der Waals surface area contributed by atoms with Gasteiger partial charge >= 0.3 is 6.18 Å². The highest BCUT2D eigenvalue weighted by Gasteiger charge is 2.34. The first-order valence-electron chi connectivity index (χ1n) is 9.01. The predicted octanol–water partition coefficient (Wildman–Crippen LogP) is 4.11. The fourth-order valence-corrected chi connectivity index (χ4v) is 3.45. The van der Waals surface area contributed by atoms with Crippen molar-refractivity contribution in [3.8, 4) is 0 Å². The first kappa shape index (κ1) is 18.6. The Labute approximate surface area is 152 Å². The Morgan fingerprint density at radius 2 is 1.85 bits per heavy atom. The molecule has 1 unspecified atom stereocenters. The summed E-state index contributed by atoms with van der Waals surface area (Å²) in [6.07, 6.45) is -0.104. The van der Waals surface area contributed by atoms with Gasteiger partial charge in [0, 0.05) is 26.3 Å². The van der Waals surface area contributed by atoms with E-state index in [9.17, 15) is 13.2 Å². The summed E-state index contributed by atoms with van der Waals surface area (Å²) in [5.74, 6) is 1.03. The van der Waals surface area contributed by atoms with Gasteiger partial charge in [0.1, 0.15) is 6.17 Å². The smallest absolute Gasteiger partial charge is 0.354 e. The van der Waals surface area contributed by atoms with Gasteiger partial charge in [-0.15, -0.1) is 0 Å². The fourth-order valence-electron chi connectivity index (χ4n) is 3.45. The van der Waals surface area contributed by atoms with Crippen molar-refractivity contribution in [3.05, 3.63) is 47.3 Å². The molecule has 7 heteroatoms. The van der Waals surface area contributed by atoms with Crippen LogP contribution in [-0.4, -0.2) is 47.0 Å². The maximum Gasteiger partial charge on any atom is 0.416 e. The lowest BCUT2D eigenvalue weighted by molar-refractivity contribution is -0.137. The molecule has 1 aromatic carbocycles. The largest absolute Gasteiger partial charge is 0.416 e. The molecule has 0 radical (unpaired) electrons. The first-order valence-corrected chi connectivity index (χ1v) is 9.01. The van der Waals surface area contributed by atoms with Crippen molar-refractivity contribution in [3.63, 3.8) is 0 Å². The van der Waals surface area contributed by atoms with Crippen molar-refractivity contribution in [2.45, 2.75) is 45.6 Å². The molecule has 0 bridgehead atoms. The first-order chi connectivity index (χ1) is 12.3. The van der Waals surface area contributed by atoms with E-state index < -0.39 is 11.7 Å². The monoisotopic (exact) mass is 366 g/mol. The third kappa shape index (κ3) is 3.66. The number of halogens is 3. The lowest BCUT2D eigenvalue weighted by Crippen LogP contribution is -2.45. The molecule has 142 valence electrons. The second-order valence-electron chi connectivity index (χ2n) is 6.81. The number of amidine groups is 1. The SMILES string of the molecule is CCCN1CN(Cc2ccc(C(F)(F)F)cc2)C=C2C1=NC(CC)N2C. The van der Waals surface area contributed by atoms with E-state index in [1.165, 1.54) is 0 Å². The summed E-state index contributed by atoms with van der Waals surface area (Å²) in [6, 6.07) is 5.42. The topological polar surface area (TPSA) is 22.1 Å². The van der Waals surface area contributed by atoms with Crippen LogP contribution in [-0.2, 0) is 12.7 Å². The summed E-state index contributed by atoms with van der Waals surface area (Å²) < 4.78 is 38.2. The number of fused-ring (bicyclic) bond motifs is 1. The van der Waals surface area contributed by atoms with Crippen molar-refractivity contribution in [2.75, 3.05) is 20.3 Å².